The van der Waals surface area contributed by atoms with Gasteiger partial charge in [-0.15, -0.1) is 0 Å². The first kappa shape index (κ1) is 24.7. The number of ether oxygens (including phenoxy) is 2. The van der Waals surface area contributed by atoms with Gasteiger partial charge in [0.25, 0.3) is 0 Å². The van der Waals surface area contributed by atoms with Crippen molar-refractivity contribution < 1.29 is 19.1 Å². The number of rotatable bonds is 11. The third-order valence-electron chi connectivity index (χ3n) is 5.44. The van der Waals surface area contributed by atoms with Crippen LogP contribution in [0.2, 0.25) is 0 Å². The zero-order chi connectivity index (χ0) is 23.5. The summed E-state index contributed by atoms with van der Waals surface area (Å²) in [6.07, 6.45) is 0.375. The number of carbonyl (C=O) groups is 2. The van der Waals surface area contributed by atoms with E-state index in [1.165, 1.54) is 0 Å². The highest BCUT2D eigenvalue weighted by Gasteiger charge is 2.22. The number of morpholine rings is 1. The Morgan fingerprint density at radius 2 is 1.82 bits per heavy atom. The molecule has 2 amide bonds. The van der Waals surface area contributed by atoms with Gasteiger partial charge in [-0.05, 0) is 29.2 Å². The van der Waals surface area contributed by atoms with Gasteiger partial charge >= 0.3 is 0 Å². The Balaban J connectivity index is 1.54. The van der Waals surface area contributed by atoms with E-state index >= 15 is 0 Å². The number of carbonyl (C=O) groups excluding carboxylic acids is 2. The topological polar surface area (TPSA) is 79.9 Å². The summed E-state index contributed by atoms with van der Waals surface area (Å²) in [5.74, 6) is 0.622. The molecule has 1 heterocycles. The van der Waals surface area contributed by atoms with Crippen molar-refractivity contribution >= 4 is 11.8 Å². The van der Waals surface area contributed by atoms with E-state index in [2.05, 4.69) is 15.5 Å². The summed E-state index contributed by atoms with van der Waals surface area (Å²) in [5, 5.41) is 5.84. The van der Waals surface area contributed by atoms with Crippen LogP contribution in [0.4, 0.5) is 0 Å². The summed E-state index contributed by atoms with van der Waals surface area (Å²) in [4.78, 5) is 27.7. The summed E-state index contributed by atoms with van der Waals surface area (Å²) in [6.45, 7) is 9.20. The molecule has 0 aliphatic carbocycles. The van der Waals surface area contributed by atoms with E-state index in [1.54, 1.807) is 0 Å². The molecule has 33 heavy (non-hydrogen) atoms. The van der Waals surface area contributed by atoms with Crippen molar-refractivity contribution in [3.63, 3.8) is 0 Å². The second kappa shape index (κ2) is 13.0. The van der Waals surface area contributed by atoms with Crippen molar-refractivity contribution in [1.82, 2.24) is 15.5 Å². The van der Waals surface area contributed by atoms with E-state index in [-0.39, 0.29) is 17.7 Å². The molecule has 1 atom stereocenters. The maximum absolute atomic E-state index is 13.0. The first-order valence-electron chi connectivity index (χ1n) is 11.6. The number of hydrogen-bond donors (Lipinski definition) is 2. The molecule has 1 aliphatic rings. The highest BCUT2D eigenvalue weighted by Crippen LogP contribution is 2.16. The molecule has 1 saturated heterocycles. The van der Waals surface area contributed by atoms with Gasteiger partial charge in [0.15, 0.2) is 0 Å². The van der Waals surface area contributed by atoms with Gasteiger partial charge in [-0.1, -0.05) is 56.3 Å². The summed E-state index contributed by atoms with van der Waals surface area (Å²) in [6, 6.07) is 16.3. The summed E-state index contributed by atoms with van der Waals surface area (Å²) in [7, 11) is 0. The fourth-order valence-corrected chi connectivity index (χ4v) is 3.69. The van der Waals surface area contributed by atoms with E-state index in [9.17, 15) is 9.59 Å². The highest BCUT2D eigenvalue weighted by molar-refractivity contribution is 5.88. The number of benzene rings is 2. The van der Waals surface area contributed by atoms with Crippen molar-refractivity contribution in [3.05, 3.63) is 65.7 Å². The van der Waals surface area contributed by atoms with Crippen molar-refractivity contribution in [2.75, 3.05) is 39.5 Å². The van der Waals surface area contributed by atoms with E-state index < -0.39 is 6.04 Å². The molecule has 7 heteroatoms. The van der Waals surface area contributed by atoms with Crippen LogP contribution in [0.15, 0.2) is 54.6 Å². The van der Waals surface area contributed by atoms with Crippen LogP contribution in [0.25, 0.3) is 0 Å². The summed E-state index contributed by atoms with van der Waals surface area (Å²) < 4.78 is 11.3. The maximum Gasteiger partial charge on any atom is 0.247 e. The molecule has 2 aromatic rings. The zero-order valence-corrected chi connectivity index (χ0v) is 19.6. The highest BCUT2D eigenvalue weighted by atomic mass is 16.5. The van der Waals surface area contributed by atoms with Crippen LogP contribution < -0.4 is 15.4 Å². The Hall–Kier alpha value is -2.90. The second-order valence-electron chi connectivity index (χ2n) is 8.68. The Bertz CT molecular complexity index is 882. The molecule has 7 nitrogen and oxygen atoms in total. The zero-order valence-electron chi connectivity index (χ0n) is 19.6. The van der Waals surface area contributed by atoms with Gasteiger partial charge in [0, 0.05) is 32.6 Å². The van der Waals surface area contributed by atoms with Crippen LogP contribution >= 0.6 is 0 Å². The molecule has 0 bridgehead atoms. The summed E-state index contributed by atoms with van der Waals surface area (Å²) in [5.41, 5.74) is 1.69. The van der Waals surface area contributed by atoms with Crippen molar-refractivity contribution in [1.29, 1.82) is 0 Å². The number of nitrogens with one attached hydrogen (secondary N) is 2. The molecule has 0 aromatic heterocycles. The lowest BCUT2D eigenvalue weighted by Crippen LogP contribution is -2.40. The molecule has 0 spiro atoms. The van der Waals surface area contributed by atoms with Crippen molar-refractivity contribution in [2.45, 2.75) is 32.9 Å². The van der Waals surface area contributed by atoms with Gasteiger partial charge in [0.05, 0.1) is 13.2 Å². The minimum atomic E-state index is -0.731. The first-order chi connectivity index (χ1) is 16.0. The molecule has 2 aromatic carbocycles. The Morgan fingerprint density at radius 1 is 1.06 bits per heavy atom. The molecule has 1 aliphatic heterocycles. The lowest BCUT2D eigenvalue weighted by atomic mass is 10.0. The molecule has 178 valence electrons. The molecule has 3 rings (SSSR count). The minimum absolute atomic E-state index is 0.135. The molecular formula is C26H35N3O4. The molecule has 0 saturated carbocycles. The van der Waals surface area contributed by atoms with Gasteiger partial charge in [-0.3, -0.25) is 14.5 Å². The van der Waals surface area contributed by atoms with E-state index in [0.717, 1.165) is 49.7 Å². The Labute approximate surface area is 196 Å². The van der Waals surface area contributed by atoms with Gasteiger partial charge in [-0.25, -0.2) is 0 Å². The standard InChI is InChI=1S/C26H35N3O4/c1-20(2)17-24(30)28-25(22-8-4-3-5-9-22)26(31)27-19-21-7-6-10-23(18-21)33-16-13-29-11-14-32-15-12-29/h3-10,18,20,25H,11-17,19H2,1-2H3,(H,27,31)(H,28,30). The Morgan fingerprint density at radius 3 is 2.55 bits per heavy atom. The summed E-state index contributed by atoms with van der Waals surface area (Å²) >= 11 is 0. The first-order valence-corrected chi connectivity index (χ1v) is 11.6. The van der Waals surface area contributed by atoms with Crippen molar-refractivity contribution in [3.8, 4) is 5.75 Å². The number of hydrogen-bond acceptors (Lipinski definition) is 5. The fraction of sp³-hybridized carbons (Fsp3) is 0.462. The van der Waals surface area contributed by atoms with Gasteiger partial charge < -0.3 is 20.1 Å². The average Bonchev–Trinajstić information content (AvgIpc) is 2.82. The lowest BCUT2D eigenvalue weighted by molar-refractivity contribution is -0.129. The van der Waals surface area contributed by atoms with Gasteiger partial charge in [-0.2, -0.15) is 0 Å². The van der Waals surface area contributed by atoms with Crippen LogP contribution in [-0.4, -0.2) is 56.2 Å². The molecule has 1 fully saturated rings. The molecule has 1 unspecified atom stereocenters. The normalized spacial score (nSPS) is 15.1. The number of nitrogens with zero attached hydrogens (tertiary/aromatic N) is 1. The predicted octanol–water partition coefficient (Wildman–Crippen LogP) is 2.92. The average molecular weight is 454 g/mol. The van der Waals surface area contributed by atoms with Crippen LogP contribution in [0, 0.1) is 5.92 Å². The quantitative estimate of drug-likeness (QED) is 0.547. The smallest absolute Gasteiger partial charge is 0.247 e. The van der Waals surface area contributed by atoms with Crippen LogP contribution in [0.5, 0.6) is 5.75 Å². The van der Waals surface area contributed by atoms with E-state index in [0.29, 0.717) is 19.6 Å². The van der Waals surface area contributed by atoms with E-state index in [4.69, 9.17) is 9.47 Å². The molecule has 2 N–H and O–H groups in total. The fourth-order valence-electron chi connectivity index (χ4n) is 3.69. The third kappa shape index (κ3) is 8.51. The van der Waals surface area contributed by atoms with Crippen LogP contribution in [0.3, 0.4) is 0 Å². The predicted molar refractivity (Wildman–Crippen MR) is 128 cm³/mol. The maximum atomic E-state index is 13.0. The SMILES string of the molecule is CC(C)CC(=O)NC(C(=O)NCc1cccc(OCCN2CCOCC2)c1)c1ccccc1. The molecular weight excluding hydrogens is 418 g/mol. The van der Waals surface area contributed by atoms with Gasteiger partial charge in [0.2, 0.25) is 11.8 Å². The van der Waals surface area contributed by atoms with Crippen molar-refractivity contribution in [2.24, 2.45) is 5.92 Å². The molecule has 0 radical (unpaired) electrons. The largest absolute Gasteiger partial charge is 0.492 e. The number of amides is 2. The minimum Gasteiger partial charge on any atom is -0.492 e. The Kier molecular flexibility index (Phi) is 9.72. The third-order valence-corrected chi connectivity index (χ3v) is 5.44. The lowest BCUT2D eigenvalue weighted by Gasteiger charge is -2.26. The van der Waals surface area contributed by atoms with Crippen LogP contribution in [0.1, 0.15) is 37.4 Å². The monoisotopic (exact) mass is 453 g/mol. The van der Waals surface area contributed by atoms with E-state index in [1.807, 2.05) is 68.4 Å². The second-order valence-corrected chi connectivity index (χ2v) is 8.68. The van der Waals surface area contributed by atoms with Gasteiger partial charge in [0.1, 0.15) is 18.4 Å². The van der Waals surface area contributed by atoms with Crippen LogP contribution in [-0.2, 0) is 20.9 Å².